The third kappa shape index (κ3) is 3.08. The zero-order valence-corrected chi connectivity index (χ0v) is 13.0. The molecule has 2 atom stereocenters. The molecule has 2 rings (SSSR count). The predicted octanol–water partition coefficient (Wildman–Crippen LogP) is 1.98. The first kappa shape index (κ1) is 16.3. The summed E-state index contributed by atoms with van der Waals surface area (Å²) in [4.78, 5) is 0. The summed E-state index contributed by atoms with van der Waals surface area (Å²) in [7, 11) is -2.91. The molecule has 1 aromatic rings. The zero-order valence-electron chi connectivity index (χ0n) is 12.2. The minimum atomic E-state index is -4.63. The maximum Gasteiger partial charge on any atom is 0.405 e. The molecule has 0 amide bonds. The molecule has 1 aliphatic rings. The van der Waals surface area contributed by atoms with Crippen molar-refractivity contribution in [3.63, 3.8) is 0 Å². The molecule has 21 heavy (non-hydrogen) atoms. The second-order valence-corrected chi connectivity index (χ2v) is 7.83. The molecule has 0 aromatic carbocycles. The van der Waals surface area contributed by atoms with E-state index in [2.05, 4.69) is 5.10 Å². The van der Waals surface area contributed by atoms with E-state index in [-0.39, 0.29) is 5.03 Å². The van der Waals surface area contributed by atoms with Gasteiger partial charge >= 0.3 is 6.18 Å². The van der Waals surface area contributed by atoms with Gasteiger partial charge in [0.25, 0.3) is 10.0 Å². The van der Waals surface area contributed by atoms with E-state index in [1.54, 1.807) is 13.8 Å². The van der Waals surface area contributed by atoms with Gasteiger partial charge < -0.3 is 0 Å². The Balaban J connectivity index is 2.33. The van der Waals surface area contributed by atoms with Gasteiger partial charge in [0, 0.05) is 12.6 Å². The van der Waals surface area contributed by atoms with E-state index in [9.17, 15) is 21.6 Å². The maximum absolute atomic E-state index is 13.2. The van der Waals surface area contributed by atoms with Gasteiger partial charge in [-0.05, 0) is 24.7 Å². The fourth-order valence-electron chi connectivity index (χ4n) is 2.60. The summed E-state index contributed by atoms with van der Waals surface area (Å²) >= 11 is 0. The van der Waals surface area contributed by atoms with Crippen LogP contribution in [0.1, 0.15) is 25.8 Å². The summed E-state index contributed by atoms with van der Waals surface area (Å²) in [6, 6.07) is -2.08. The number of aryl methyl sites for hydroxylation is 2. The molecule has 1 aliphatic carbocycles. The van der Waals surface area contributed by atoms with Gasteiger partial charge in [-0.25, -0.2) is 8.42 Å². The molecule has 1 N–H and O–H groups in total. The highest BCUT2D eigenvalue weighted by atomic mass is 32.2. The first-order valence-corrected chi connectivity index (χ1v) is 7.92. The van der Waals surface area contributed by atoms with Crippen LogP contribution in [-0.2, 0) is 17.1 Å². The third-order valence-electron chi connectivity index (χ3n) is 3.94. The molecule has 120 valence electrons. The number of sulfonamides is 1. The van der Waals surface area contributed by atoms with Crippen LogP contribution in [0.15, 0.2) is 11.2 Å². The van der Waals surface area contributed by atoms with Crippen molar-refractivity contribution in [2.45, 2.75) is 44.4 Å². The molecule has 2 unspecified atom stereocenters. The highest BCUT2D eigenvalue weighted by Gasteiger charge is 2.60. The molecule has 0 bridgehead atoms. The van der Waals surface area contributed by atoms with E-state index in [4.69, 9.17) is 0 Å². The van der Waals surface area contributed by atoms with Crippen LogP contribution < -0.4 is 4.72 Å². The lowest BCUT2D eigenvalue weighted by Gasteiger charge is -2.23. The Kier molecular flexibility index (Phi) is 3.65. The van der Waals surface area contributed by atoms with Crippen LogP contribution in [0.3, 0.4) is 0 Å². The number of nitrogens with zero attached hydrogens (tertiary/aromatic N) is 2. The molecule has 0 spiro atoms. The van der Waals surface area contributed by atoms with Gasteiger partial charge in [0.1, 0.15) is 6.04 Å². The molecule has 5 nitrogen and oxygen atoms in total. The van der Waals surface area contributed by atoms with Gasteiger partial charge in [-0.15, -0.1) is 0 Å². The van der Waals surface area contributed by atoms with Gasteiger partial charge in [0.2, 0.25) is 0 Å². The van der Waals surface area contributed by atoms with Crippen molar-refractivity contribution in [1.82, 2.24) is 14.5 Å². The van der Waals surface area contributed by atoms with Gasteiger partial charge in [-0.1, -0.05) is 13.8 Å². The number of nitrogens with one attached hydrogen (secondary N) is 1. The fraction of sp³-hybridized carbons (Fsp3) is 0.750. The molecule has 9 heteroatoms. The van der Waals surface area contributed by atoms with Crippen molar-refractivity contribution in [3.05, 3.63) is 11.8 Å². The van der Waals surface area contributed by atoms with E-state index in [1.165, 1.54) is 20.2 Å². The molecule has 0 radical (unpaired) electrons. The van der Waals surface area contributed by atoms with E-state index in [0.717, 1.165) is 4.68 Å². The summed E-state index contributed by atoms with van der Waals surface area (Å²) in [6.45, 7) is 4.88. The Hall–Kier alpha value is -1.09. The third-order valence-corrected chi connectivity index (χ3v) is 5.60. The lowest BCUT2D eigenvalue weighted by atomic mass is 10.0. The highest BCUT2D eigenvalue weighted by molar-refractivity contribution is 7.89. The van der Waals surface area contributed by atoms with Crippen molar-refractivity contribution in [2.24, 2.45) is 18.4 Å². The van der Waals surface area contributed by atoms with Gasteiger partial charge in [-0.3, -0.25) is 4.68 Å². The average molecular weight is 325 g/mol. The number of alkyl halides is 3. The summed E-state index contributed by atoms with van der Waals surface area (Å²) in [5.41, 5.74) is -0.203. The molecule has 1 saturated carbocycles. The molecule has 1 aromatic heterocycles. The van der Waals surface area contributed by atoms with Crippen molar-refractivity contribution < 1.29 is 21.6 Å². The van der Waals surface area contributed by atoms with Crippen LogP contribution in [0.25, 0.3) is 0 Å². The van der Waals surface area contributed by atoms with Crippen LogP contribution >= 0.6 is 0 Å². The van der Waals surface area contributed by atoms with Crippen LogP contribution in [0.2, 0.25) is 0 Å². The maximum atomic E-state index is 13.2. The molecular weight excluding hydrogens is 307 g/mol. The first-order valence-electron chi connectivity index (χ1n) is 6.44. The fourth-order valence-corrected chi connectivity index (χ4v) is 4.21. The smallest absolute Gasteiger partial charge is 0.256 e. The lowest BCUT2D eigenvalue weighted by molar-refractivity contribution is -0.157. The molecule has 0 saturated heterocycles. The molecular formula is C12H18F3N3O2S. The predicted molar refractivity (Wildman–Crippen MR) is 70.0 cm³/mol. The highest BCUT2D eigenvalue weighted by Crippen LogP contribution is 2.56. The van der Waals surface area contributed by atoms with E-state index >= 15 is 0 Å². The largest absolute Gasteiger partial charge is 0.405 e. The minimum absolute atomic E-state index is 0.241. The Morgan fingerprint density at radius 2 is 2.00 bits per heavy atom. The van der Waals surface area contributed by atoms with Crippen molar-refractivity contribution in [2.75, 3.05) is 0 Å². The van der Waals surface area contributed by atoms with E-state index < -0.39 is 33.6 Å². The molecule has 1 fully saturated rings. The van der Waals surface area contributed by atoms with E-state index in [1.807, 2.05) is 4.72 Å². The standard InChI is InChI=1S/C12H18F3N3O2S/c1-7-6-16-18(4)10(7)21(19,20)17-9(12(13,14)15)8-5-11(8,2)3/h6,8-9,17H,5H2,1-4H3. The number of aromatic nitrogens is 2. The quantitative estimate of drug-likeness (QED) is 0.921. The summed E-state index contributed by atoms with van der Waals surface area (Å²) in [5.74, 6) is -0.749. The van der Waals surface area contributed by atoms with Crippen molar-refractivity contribution >= 4 is 10.0 Å². The van der Waals surface area contributed by atoms with Crippen molar-refractivity contribution in [1.29, 1.82) is 0 Å². The van der Waals surface area contributed by atoms with E-state index in [0.29, 0.717) is 12.0 Å². The Morgan fingerprint density at radius 1 is 1.48 bits per heavy atom. The second kappa shape index (κ2) is 4.70. The number of rotatable bonds is 4. The normalized spacial score (nSPS) is 23.1. The van der Waals surface area contributed by atoms with Crippen LogP contribution in [0.4, 0.5) is 13.2 Å². The SMILES string of the molecule is Cc1cnn(C)c1S(=O)(=O)NC(C1CC1(C)C)C(F)(F)F. The summed E-state index contributed by atoms with van der Waals surface area (Å²) in [6.07, 6.45) is -2.99. The van der Waals surface area contributed by atoms with Gasteiger partial charge in [0.15, 0.2) is 5.03 Å². The Bertz CT molecular complexity index is 630. The molecule has 0 aliphatic heterocycles. The summed E-state index contributed by atoms with van der Waals surface area (Å²) < 4.78 is 66.9. The first-order chi connectivity index (χ1) is 9.36. The van der Waals surface area contributed by atoms with Crippen LogP contribution in [0, 0.1) is 18.3 Å². The second-order valence-electron chi connectivity index (χ2n) is 6.20. The van der Waals surface area contributed by atoms with Gasteiger partial charge in [0.05, 0.1) is 6.20 Å². The lowest BCUT2D eigenvalue weighted by Crippen LogP contribution is -2.48. The number of hydrogen-bond acceptors (Lipinski definition) is 3. The minimum Gasteiger partial charge on any atom is -0.256 e. The summed E-state index contributed by atoms with van der Waals surface area (Å²) in [5, 5.41) is 3.52. The topological polar surface area (TPSA) is 64.0 Å². The number of halogens is 3. The molecule has 1 heterocycles. The monoisotopic (exact) mass is 325 g/mol. The van der Waals surface area contributed by atoms with Crippen molar-refractivity contribution in [3.8, 4) is 0 Å². The Labute approximate surface area is 121 Å². The van der Waals surface area contributed by atoms with Crippen LogP contribution in [-0.4, -0.2) is 30.4 Å². The number of hydrogen-bond donors (Lipinski definition) is 1. The average Bonchev–Trinajstić information content (AvgIpc) is 2.75. The Morgan fingerprint density at radius 3 is 2.33 bits per heavy atom. The zero-order chi connectivity index (χ0) is 16.2. The van der Waals surface area contributed by atoms with Crippen LogP contribution in [0.5, 0.6) is 0 Å². The van der Waals surface area contributed by atoms with Gasteiger partial charge in [-0.2, -0.15) is 23.0 Å².